The minimum Gasteiger partial charge on any atom is -0.270 e. The average Bonchev–Trinajstić information content (AvgIpc) is 2.49. The van der Waals surface area contributed by atoms with Gasteiger partial charge >= 0.3 is 0 Å². The Kier molecular flexibility index (Phi) is 6.83. The maximum absolute atomic E-state index is 11.3. The van der Waals surface area contributed by atoms with Gasteiger partial charge in [-0.2, -0.15) is 8.42 Å². The second kappa shape index (κ2) is 8.42. The minimum atomic E-state index is -3.44. The lowest BCUT2D eigenvalue weighted by molar-refractivity contribution is 0.288. The summed E-state index contributed by atoms with van der Waals surface area (Å²) in [6.07, 6.45) is 2.76. The molecular weight excluding hydrogens is 444 g/mol. The summed E-state index contributed by atoms with van der Waals surface area (Å²) in [4.78, 5) is 0. The lowest BCUT2D eigenvalue weighted by atomic mass is 9.93. The molecule has 2 aromatic rings. The number of rotatable bonds is 7. The van der Waals surface area contributed by atoms with Crippen molar-refractivity contribution in [1.82, 2.24) is 0 Å². The van der Waals surface area contributed by atoms with Gasteiger partial charge in [-0.15, -0.1) is 0 Å². The van der Waals surface area contributed by atoms with Crippen LogP contribution in [0.4, 0.5) is 0 Å². The van der Waals surface area contributed by atoms with Crippen LogP contribution in [-0.2, 0) is 20.7 Å². The Morgan fingerprint density at radius 2 is 1.48 bits per heavy atom. The quantitative estimate of drug-likeness (QED) is 0.550. The van der Waals surface area contributed by atoms with Gasteiger partial charge in [0.05, 0.1) is 12.9 Å². The third-order valence-electron chi connectivity index (χ3n) is 3.52. The minimum absolute atomic E-state index is 0.0291. The van der Waals surface area contributed by atoms with Crippen LogP contribution < -0.4 is 0 Å². The molecule has 3 nitrogen and oxygen atoms in total. The third kappa shape index (κ3) is 6.75. The monoisotopic (exact) mass is 460 g/mol. The van der Waals surface area contributed by atoms with Crippen LogP contribution in [0.3, 0.4) is 0 Å². The zero-order valence-electron chi connectivity index (χ0n) is 12.7. The van der Waals surface area contributed by atoms with E-state index in [0.29, 0.717) is 0 Å². The van der Waals surface area contributed by atoms with E-state index >= 15 is 0 Å². The standard InChI is InChI=1S/C17H18Br2O3S/c1-23(20,21)22-12-15(14-6-10-17(19)11-7-14)5-2-13-3-8-16(18)9-4-13/h3-4,6-11,15H,2,5,12H2,1H3. The molecule has 0 aliphatic carbocycles. The van der Waals surface area contributed by atoms with Crippen molar-refractivity contribution in [3.63, 3.8) is 0 Å². The van der Waals surface area contributed by atoms with Crippen molar-refractivity contribution in [3.05, 3.63) is 68.6 Å². The molecule has 1 unspecified atom stereocenters. The molecule has 0 amide bonds. The molecule has 2 rings (SSSR count). The van der Waals surface area contributed by atoms with E-state index < -0.39 is 10.1 Å². The van der Waals surface area contributed by atoms with Crippen molar-refractivity contribution in [3.8, 4) is 0 Å². The van der Waals surface area contributed by atoms with Crippen molar-refractivity contribution in [2.75, 3.05) is 12.9 Å². The van der Waals surface area contributed by atoms with Gasteiger partial charge in [0.15, 0.2) is 0 Å². The van der Waals surface area contributed by atoms with Gasteiger partial charge < -0.3 is 0 Å². The zero-order valence-corrected chi connectivity index (χ0v) is 16.7. The van der Waals surface area contributed by atoms with Crippen LogP contribution in [0, 0.1) is 0 Å². The van der Waals surface area contributed by atoms with Crippen LogP contribution in [-0.4, -0.2) is 21.3 Å². The van der Waals surface area contributed by atoms with E-state index in [1.165, 1.54) is 5.56 Å². The first-order valence-electron chi connectivity index (χ1n) is 7.18. The molecule has 0 aromatic heterocycles. The lowest BCUT2D eigenvalue weighted by Gasteiger charge is -2.17. The van der Waals surface area contributed by atoms with E-state index in [-0.39, 0.29) is 12.5 Å². The molecule has 2 aromatic carbocycles. The van der Waals surface area contributed by atoms with E-state index in [9.17, 15) is 8.42 Å². The summed E-state index contributed by atoms with van der Waals surface area (Å²) in [7, 11) is -3.44. The predicted octanol–water partition coefficient (Wildman–Crippen LogP) is 4.90. The Balaban J connectivity index is 2.09. The van der Waals surface area contributed by atoms with Crippen LogP contribution in [0.25, 0.3) is 0 Å². The van der Waals surface area contributed by atoms with Gasteiger partial charge in [-0.1, -0.05) is 56.1 Å². The molecule has 23 heavy (non-hydrogen) atoms. The van der Waals surface area contributed by atoms with Crippen LogP contribution in [0.5, 0.6) is 0 Å². The molecule has 1 atom stereocenters. The van der Waals surface area contributed by atoms with Gasteiger partial charge in [-0.25, -0.2) is 0 Å². The average molecular weight is 462 g/mol. The highest BCUT2D eigenvalue weighted by Crippen LogP contribution is 2.25. The van der Waals surface area contributed by atoms with E-state index in [1.54, 1.807) is 0 Å². The summed E-state index contributed by atoms with van der Waals surface area (Å²) in [5.41, 5.74) is 2.30. The van der Waals surface area contributed by atoms with Crippen molar-refractivity contribution < 1.29 is 12.6 Å². The topological polar surface area (TPSA) is 43.4 Å². The van der Waals surface area contributed by atoms with Crippen molar-refractivity contribution in [2.24, 2.45) is 0 Å². The number of halogens is 2. The first kappa shape index (κ1) is 18.6. The van der Waals surface area contributed by atoms with Crippen LogP contribution in [0.15, 0.2) is 57.5 Å². The SMILES string of the molecule is CS(=O)(=O)OCC(CCc1ccc(Br)cc1)c1ccc(Br)cc1. The van der Waals surface area contributed by atoms with Gasteiger partial charge in [0, 0.05) is 14.9 Å². The van der Waals surface area contributed by atoms with E-state index in [1.807, 2.05) is 36.4 Å². The summed E-state index contributed by atoms with van der Waals surface area (Å²) in [6.45, 7) is 0.164. The largest absolute Gasteiger partial charge is 0.270 e. The molecule has 0 heterocycles. The number of benzene rings is 2. The molecule has 0 fully saturated rings. The fraction of sp³-hybridized carbons (Fsp3) is 0.294. The highest BCUT2D eigenvalue weighted by molar-refractivity contribution is 9.10. The number of hydrogen-bond acceptors (Lipinski definition) is 3. The zero-order chi connectivity index (χ0) is 16.9. The Labute approximate surface area is 154 Å². The second-order valence-corrected chi connectivity index (χ2v) is 8.88. The molecule has 0 aliphatic rings. The second-order valence-electron chi connectivity index (χ2n) is 5.40. The van der Waals surface area contributed by atoms with E-state index in [2.05, 4.69) is 44.0 Å². The summed E-state index contributed by atoms with van der Waals surface area (Å²) in [5, 5.41) is 0. The Morgan fingerprint density at radius 1 is 0.957 bits per heavy atom. The first-order chi connectivity index (χ1) is 10.8. The number of aryl methyl sites for hydroxylation is 1. The fourth-order valence-corrected chi connectivity index (χ4v) is 3.22. The summed E-state index contributed by atoms with van der Waals surface area (Å²) in [6, 6.07) is 16.1. The van der Waals surface area contributed by atoms with E-state index in [4.69, 9.17) is 4.18 Å². The predicted molar refractivity (Wildman–Crippen MR) is 100 cm³/mol. The summed E-state index contributed by atoms with van der Waals surface area (Å²) < 4.78 is 29.7. The normalized spacial score (nSPS) is 13.0. The maximum atomic E-state index is 11.3. The number of hydrogen-bond donors (Lipinski definition) is 0. The van der Waals surface area contributed by atoms with Crippen molar-refractivity contribution in [2.45, 2.75) is 18.8 Å². The first-order valence-corrected chi connectivity index (χ1v) is 10.6. The summed E-state index contributed by atoms with van der Waals surface area (Å²) in [5.74, 6) is 0.0291. The fourth-order valence-electron chi connectivity index (χ4n) is 2.28. The lowest BCUT2D eigenvalue weighted by Crippen LogP contribution is -2.13. The summed E-state index contributed by atoms with van der Waals surface area (Å²) >= 11 is 6.84. The molecular formula is C17H18Br2O3S. The highest BCUT2D eigenvalue weighted by atomic mass is 79.9. The molecule has 0 N–H and O–H groups in total. The molecule has 0 radical (unpaired) electrons. The van der Waals surface area contributed by atoms with Crippen LogP contribution >= 0.6 is 31.9 Å². The highest BCUT2D eigenvalue weighted by Gasteiger charge is 2.15. The molecule has 0 bridgehead atoms. The molecule has 0 saturated carbocycles. The van der Waals surface area contributed by atoms with E-state index in [0.717, 1.165) is 33.6 Å². The van der Waals surface area contributed by atoms with Gasteiger partial charge in [0.25, 0.3) is 10.1 Å². The van der Waals surface area contributed by atoms with Crippen molar-refractivity contribution in [1.29, 1.82) is 0 Å². The van der Waals surface area contributed by atoms with Gasteiger partial charge in [-0.05, 0) is 48.2 Å². The van der Waals surface area contributed by atoms with Crippen LogP contribution in [0.1, 0.15) is 23.5 Å². The molecule has 0 aliphatic heterocycles. The molecule has 0 saturated heterocycles. The Morgan fingerprint density at radius 3 is 2.00 bits per heavy atom. The molecule has 0 spiro atoms. The Bertz CT molecular complexity index is 725. The molecule has 124 valence electrons. The molecule has 6 heteroatoms. The maximum Gasteiger partial charge on any atom is 0.264 e. The van der Waals surface area contributed by atoms with Gasteiger partial charge in [-0.3, -0.25) is 4.18 Å². The van der Waals surface area contributed by atoms with Gasteiger partial charge in [0.2, 0.25) is 0 Å². The Hall–Kier alpha value is -0.690. The van der Waals surface area contributed by atoms with Gasteiger partial charge in [0.1, 0.15) is 0 Å². The third-order valence-corrected chi connectivity index (χ3v) is 5.14. The van der Waals surface area contributed by atoms with Crippen molar-refractivity contribution >= 4 is 42.0 Å². The smallest absolute Gasteiger partial charge is 0.264 e. The van der Waals surface area contributed by atoms with Crippen LogP contribution in [0.2, 0.25) is 0 Å².